The molecule has 4 heteroatoms. The van der Waals surface area contributed by atoms with Crippen LogP contribution in [0.15, 0.2) is 30.3 Å². The van der Waals surface area contributed by atoms with E-state index in [2.05, 4.69) is 0 Å². The largest absolute Gasteiger partial charge is 0.335 e. The van der Waals surface area contributed by atoms with Gasteiger partial charge in [0.25, 0.3) is 0 Å². The number of amides is 1. The van der Waals surface area contributed by atoms with Crippen LogP contribution in [0.2, 0.25) is 0 Å². The molecule has 2 rings (SSSR count). The maximum Gasteiger partial charge on any atom is 0.246 e. The predicted octanol–water partition coefficient (Wildman–Crippen LogP) is 2.57. The summed E-state index contributed by atoms with van der Waals surface area (Å²) in [6.07, 6.45) is 6.38. The summed E-state index contributed by atoms with van der Waals surface area (Å²) in [4.78, 5) is 14.1. The van der Waals surface area contributed by atoms with Gasteiger partial charge in [-0.05, 0) is 50.0 Å². The van der Waals surface area contributed by atoms with Crippen LogP contribution >= 0.6 is 0 Å². The molecular formula is C16H21FN2O. The monoisotopic (exact) mass is 276 g/mol. The average Bonchev–Trinajstić information content (AvgIpc) is 2.46. The number of benzene rings is 1. The van der Waals surface area contributed by atoms with E-state index in [-0.39, 0.29) is 23.8 Å². The molecule has 1 aliphatic heterocycles. The van der Waals surface area contributed by atoms with E-state index in [0.29, 0.717) is 0 Å². The van der Waals surface area contributed by atoms with Crippen molar-refractivity contribution in [2.24, 2.45) is 5.73 Å². The molecule has 20 heavy (non-hydrogen) atoms. The summed E-state index contributed by atoms with van der Waals surface area (Å²) in [5.41, 5.74) is 6.77. The molecule has 1 aliphatic rings. The standard InChI is InChI=1S/C16H21FN2O/c1-12(18)15-4-2-3-11-19(15)16(20)10-7-13-5-8-14(17)9-6-13/h5-10,12,15H,2-4,11,18H2,1H3/b10-7-/t12-,15-/m0/s1. The van der Waals surface area contributed by atoms with E-state index in [0.717, 1.165) is 31.4 Å². The number of carbonyl (C=O) groups is 1. The molecule has 2 N–H and O–H groups in total. The molecule has 1 heterocycles. The number of likely N-dealkylation sites (tertiary alicyclic amines) is 1. The second-order valence-electron chi connectivity index (χ2n) is 5.34. The van der Waals surface area contributed by atoms with Crippen molar-refractivity contribution in [1.82, 2.24) is 4.90 Å². The lowest BCUT2D eigenvalue weighted by Crippen LogP contribution is -2.51. The number of nitrogens with zero attached hydrogens (tertiary/aromatic N) is 1. The van der Waals surface area contributed by atoms with Gasteiger partial charge < -0.3 is 10.6 Å². The number of halogens is 1. The summed E-state index contributed by atoms with van der Waals surface area (Å²) in [6.45, 7) is 2.71. The number of hydrogen-bond donors (Lipinski definition) is 1. The van der Waals surface area contributed by atoms with Crippen LogP contribution < -0.4 is 5.73 Å². The molecule has 1 fully saturated rings. The first kappa shape index (κ1) is 14.7. The molecule has 108 valence electrons. The minimum atomic E-state index is -0.276. The van der Waals surface area contributed by atoms with Crippen molar-refractivity contribution in [3.8, 4) is 0 Å². The van der Waals surface area contributed by atoms with E-state index in [4.69, 9.17) is 5.73 Å². The Morgan fingerprint density at radius 1 is 1.40 bits per heavy atom. The number of hydrogen-bond acceptors (Lipinski definition) is 2. The Labute approximate surface area is 119 Å². The lowest BCUT2D eigenvalue weighted by Gasteiger charge is -2.37. The minimum absolute atomic E-state index is 0.0153. The summed E-state index contributed by atoms with van der Waals surface area (Å²) < 4.78 is 12.8. The molecule has 0 saturated carbocycles. The van der Waals surface area contributed by atoms with Crippen molar-refractivity contribution in [2.45, 2.75) is 38.3 Å². The maximum absolute atomic E-state index is 12.8. The van der Waals surface area contributed by atoms with Crippen molar-refractivity contribution >= 4 is 12.0 Å². The van der Waals surface area contributed by atoms with Gasteiger partial charge >= 0.3 is 0 Å². The van der Waals surface area contributed by atoms with Gasteiger partial charge in [0, 0.05) is 24.7 Å². The maximum atomic E-state index is 12.8. The molecule has 0 spiro atoms. The summed E-state index contributed by atoms with van der Waals surface area (Å²) in [5.74, 6) is -0.294. The van der Waals surface area contributed by atoms with E-state index >= 15 is 0 Å². The number of carbonyl (C=O) groups excluding carboxylic acids is 1. The molecule has 0 bridgehead atoms. The van der Waals surface area contributed by atoms with Crippen molar-refractivity contribution in [1.29, 1.82) is 0 Å². The Bertz CT molecular complexity index is 482. The van der Waals surface area contributed by atoms with E-state index in [1.165, 1.54) is 12.1 Å². The highest BCUT2D eigenvalue weighted by Gasteiger charge is 2.27. The third kappa shape index (κ3) is 3.67. The first-order valence-corrected chi connectivity index (χ1v) is 7.08. The first-order valence-electron chi connectivity index (χ1n) is 7.08. The van der Waals surface area contributed by atoms with Crippen LogP contribution in [0.1, 0.15) is 31.7 Å². The summed E-state index contributed by atoms with van der Waals surface area (Å²) in [7, 11) is 0. The molecule has 2 atom stereocenters. The molecule has 1 aromatic carbocycles. The van der Waals surface area contributed by atoms with Gasteiger partial charge in [0.1, 0.15) is 5.82 Å². The third-order valence-electron chi connectivity index (χ3n) is 3.73. The summed E-state index contributed by atoms with van der Waals surface area (Å²) in [6, 6.07) is 6.18. The number of nitrogens with two attached hydrogens (primary N) is 1. The molecule has 3 nitrogen and oxygen atoms in total. The average molecular weight is 276 g/mol. The highest BCUT2D eigenvalue weighted by atomic mass is 19.1. The smallest absolute Gasteiger partial charge is 0.246 e. The molecule has 1 aromatic rings. The molecule has 0 unspecified atom stereocenters. The SMILES string of the molecule is C[C@H](N)[C@@H]1CCCCN1C(=O)/C=C\c1ccc(F)cc1. The lowest BCUT2D eigenvalue weighted by atomic mass is 9.97. The Morgan fingerprint density at radius 2 is 2.10 bits per heavy atom. The van der Waals surface area contributed by atoms with E-state index in [1.807, 2.05) is 11.8 Å². The van der Waals surface area contributed by atoms with E-state index in [9.17, 15) is 9.18 Å². The highest BCUT2D eigenvalue weighted by Crippen LogP contribution is 2.19. The van der Waals surface area contributed by atoms with Crippen LogP contribution in [-0.2, 0) is 4.79 Å². The van der Waals surface area contributed by atoms with Gasteiger partial charge in [-0.25, -0.2) is 4.39 Å². The zero-order chi connectivity index (χ0) is 14.5. The van der Waals surface area contributed by atoms with E-state index < -0.39 is 0 Å². The van der Waals surface area contributed by atoms with Crippen molar-refractivity contribution in [3.05, 3.63) is 41.7 Å². The van der Waals surface area contributed by atoms with E-state index in [1.54, 1.807) is 24.3 Å². The van der Waals surface area contributed by atoms with Crippen molar-refractivity contribution in [2.75, 3.05) is 6.54 Å². The van der Waals surface area contributed by atoms with Gasteiger partial charge in [0.05, 0.1) is 0 Å². The second kappa shape index (κ2) is 6.66. The fraction of sp³-hybridized carbons (Fsp3) is 0.438. The topological polar surface area (TPSA) is 46.3 Å². The molecular weight excluding hydrogens is 255 g/mol. The molecule has 0 radical (unpaired) electrons. The highest BCUT2D eigenvalue weighted by molar-refractivity contribution is 5.92. The van der Waals surface area contributed by atoms with Gasteiger partial charge in [-0.15, -0.1) is 0 Å². The predicted molar refractivity (Wildman–Crippen MR) is 78.4 cm³/mol. The van der Waals surface area contributed by atoms with Crippen LogP contribution in [0.5, 0.6) is 0 Å². The quantitative estimate of drug-likeness (QED) is 0.862. The fourth-order valence-corrected chi connectivity index (χ4v) is 2.61. The molecule has 1 amide bonds. The van der Waals surface area contributed by atoms with Crippen LogP contribution in [0.25, 0.3) is 6.08 Å². The normalized spacial score (nSPS) is 21.1. The molecule has 0 aromatic heterocycles. The van der Waals surface area contributed by atoms with Gasteiger partial charge in [0.2, 0.25) is 5.91 Å². The summed E-state index contributed by atoms with van der Waals surface area (Å²) in [5, 5.41) is 0. The zero-order valence-electron chi connectivity index (χ0n) is 11.8. The molecule has 1 saturated heterocycles. The number of piperidine rings is 1. The lowest BCUT2D eigenvalue weighted by molar-refractivity contribution is -0.129. The van der Waals surface area contributed by atoms with Gasteiger partial charge in [-0.2, -0.15) is 0 Å². The van der Waals surface area contributed by atoms with Gasteiger partial charge in [-0.1, -0.05) is 12.1 Å². The summed E-state index contributed by atoms with van der Waals surface area (Å²) >= 11 is 0. The molecule has 0 aliphatic carbocycles. The Kier molecular flexibility index (Phi) is 4.90. The van der Waals surface area contributed by atoms with Gasteiger partial charge in [0.15, 0.2) is 0 Å². The Hall–Kier alpha value is -1.68. The third-order valence-corrected chi connectivity index (χ3v) is 3.73. The van der Waals surface area contributed by atoms with Gasteiger partial charge in [-0.3, -0.25) is 4.79 Å². The fourth-order valence-electron chi connectivity index (χ4n) is 2.61. The van der Waals surface area contributed by atoms with Crippen molar-refractivity contribution in [3.63, 3.8) is 0 Å². The minimum Gasteiger partial charge on any atom is -0.335 e. The first-order chi connectivity index (χ1) is 9.58. The second-order valence-corrected chi connectivity index (χ2v) is 5.34. The zero-order valence-corrected chi connectivity index (χ0v) is 11.8. The van der Waals surface area contributed by atoms with Crippen molar-refractivity contribution < 1.29 is 9.18 Å². The Balaban J connectivity index is 2.04. The van der Waals surface area contributed by atoms with Crippen LogP contribution in [-0.4, -0.2) is 29.4 Å². The van der Waals surface area contributed by atoms with Crippen LogP contribution in [0.3, 0.4) is 0 Å². The number of rotatable bonds is 3. The Morgan fingerprint density at radius 3 is 2.75 bits per heavy atom. The van der Waals surface area contributed by atoms with Crippen LogP contribution in [0.4, 0.5) is 4.39 Å². The van der Waals surface area contributed by atoms with Crippen LogP contribution in [0, 0.1) is 5.82 Å².